The Hall–Kier alpha value is -3.48. The van der Waals surface area contributed by atoms with Crippen LogP contribution in [0, 0.1) is 6.92 Å². The molecule has 1 atom stereocenters. The van der Waals surface area contributed by atoms with Gasteiger partial charge in [-0.2, -0.15) is 0 Å². The van der Waals surface area contributed by atoms with Crippen molar-refractivity contribution >= 4 is 46.3 Å². The van der Waals surface area contributed by atoms with Crippen molar-refractivity contribution in [2.45, 2.75) is 13.0 Å². The Morgan fingerprint density at radius 1 is 1.00 bits per heavy atom. The molecule has 1 amide bonds. The predicted octanol–water partition coefficient (Wildman–Crippen LogP) is 5.64. The van der Waals surface area contributed by atoms with Crippen molar-refractivity contribution in [2.75, 3.05) is 12.0 Å². The third kappa shape index (κ3) is 3.81. The molecule has 4 rings (SSSR count). The van der Waals surface area contributed by atoms with Crippen LogP contribution in [0.25, 0.3) is 5.76 Å². The number of benzene rings is 3. The maximum Gasteiger partial charge on any atom is 0.300 e. The lowest BCUT2D eigenvalue weighted by Crippen LogP contribution is -2.29. The molecule has 1 heterocycles. The van der Waals surface area contributed by atoms with Gasteiger partial charge in [-0.1, -0.05) is 59.6 Å². The topological polar surface area (TPSA) is 87.1 Å². The summed E-state index contributed by atoms with van der Waals surface area (Å²) in [6, 6.07) is 15.2. The summed E-state index contributed by atoms with van der Waals surface area (Å²) in [6.45, 7) is 1.83. The minimum atomic E-state index is -0.987. The molecule has 1 unspecified atom stereocenters. The lowest BCUT2D eigenvalue weighted by atomic mass is 9.92. The van der Waals surface area contributed by atoms with E-state index in [9.17, 15) is 19.8 Å². The lowest BCUT2D eigenvalue weighted by molar-refractivity contribution is -0.132. The average Bonchev–Trinajstić information content (AvgIpc) is 3.04. The van der Waals surface area contributed by atoms with E-state index in [1.165, 1.54) is 36.3 Å². The summed E-state index contributed by atoms with van der Waals surface area (Å²) < 4.78 is 5.15. The fraction of sp³-hybridized carbons (Fsp3) is 0.120. The van der Waals surface area contributed by atoms with Crippen molar-refractivity contribution in [1.82, 2.24) is 0 Å². The van der Waals surface area contributed by atoms with Gasteiger partial charge in [-0.3, -0.25) is 14.5 Å². The molecule has 1 saturated heterocycles. The number of hydrogen-bond acceptors (Lipinski definition) is 5. The largest absolute Gasteiger partial charge is 0.507 e. The number of hydrogen-bond donors (Lipinski definition) is 2. The van der Waals surface area contributed by atoms with E-state index in [-0.39, 0.29) is 38.4 Å². The Morgan fingerprint density at radius 3 is 2.21 bits per heavy atom. The van der Waals surface area contributed by atoms with Crippen LogP contribution in [0.2, 0.25) is 10.0 Å². The number of amides is 1. The SMILES string of the molecule is COc1c(Cl)cc(/C(O)=C2\C(=O)C(=O)N(c3ccccc3O)C2c2ccccc2C)cc1Cl. The van der Waals surface area contributed by atoms with E-state index in [1.807, 2.05) is 19.1 Å². The normalized spacial score (nSPS) is 17.5. The van der Waals surface area contributed by atoms with E-state index in [1.54, 1.807) is 24.3 Å². The van der Waals surface area contributed by atoms with Gasteiger partial charge in [0, 0.05) is 5.56 Å². The number of ketones is 1. The third-order valence-corrected chi connectivity index (χ3v) is 6.11. The van der Waals surface area contributed by atoms with Crippen LogP contribution in [-0.2, 0) is 9.59 Å². The van der Waals surface area contributed by atoms with Crippen molar-refractivity contribution < 1.29 is 24.5 Å². The number of aliphatic hydroxyl groups is 1. The Morgan fingerprint density at radius 2 is 1.61 bits per heavy atom. The highest BCUT2D eigenvalue weighted by Gasteiger charge is 2.48. The molecule has 0 spiro atoms. The fourth-order valence-corrected chi connectivity index (χ4v) is 4.63. The maximum absolute atomic E-state index is 13.2. The first-order valence-corrected chi connectivity index (χ1v) is 10.7. The van der Waals surface area contributed by atoms with Crippen LogP contribution in [0.5, 0.6) is 11.5 Å². The molecule has 0 aliphatic carbocycles. The van der Waals surface area contributed by atoms with Crippen LogP contribution in [0.4, 0.5) is 5.69 Å². The molecule has 3 aromatic carbocycles. The number of aryl methyl sites for hydroxylation is 1. The van der Waals surface area contributed by atoms with Gasteiger partial charge in [0.15, 0.2) is 5.75 Å². The molecule has 1 fully saturated rings. The second-order valence-electron chi connectivity index (χ2n) is 7.49. The predicted molar refractivity (Wildman–Crippen MR) is 127 cm³/mol. The summed E-state index contributed by atoms with van der Waals surface area (Å²) in [4.78, 5) is 27.6. The van der Waals surface area contributed by atoms with Crippen LogP contribution in [0.3, 0.4) is 0 Å². The highest BCUT2D eigenvalue weighted by atomic mass is 35.5. The van der Waals surface area contributed by atoms with E-state index in [0.717, 1.165) is 5.56 Å². The molecular weight excluding hydrogens is 465 g/mol. The van der Waals surface area contributed by atoms with Gasteiger partial charge in [0.25, 0.3) is 11.7 Å². The number of rotatable bonds is 4. The zero-order valence-corrected chi connectivity index (χ0v) is 19.2. The van der Waals surface area contributed by atoms with Crippen molar-refractivity contribution in [2.24, 2.45) is 0 Å². The lowest BCUT2D eigenvalue weighted by Gasteiger charge is -2.27. The van der Waals surface area contributed by atoms with Crippen molar-refractivity contribution in [1.29, 1.82) is 0 Å². The standard InChI is InChI=1S/C25H19Cl2NO5/c1-13-7-3-4-8-15(13)21-20(22(30)14-11-16(26)24(33-2)17(27)12-14)23(31)25(32)28(21)18-9-5-6-10-19(18)29/h3-12,21,29-30H,1-2H3/b22-20+. The van der Waals surface area contributed by atoms with Gasteiger partial charge in [-0.25, -0.2) is 0 Å². The second kappa shape index (κ2) is 8.81. The molecule has 8 heteroatoms. The van der Waals surface area contributed by atoms with E-state index in [4.69, 9.17) is 27.9 Å². The van der Waals surface area contributed by atoms with Gasteiger partial charge >= 0.3 is 0 Å². The second-order valence-corrected chi connectivity index (χ2v) is 8.30. The van der Waals surface area contributed by atoms with Gasteiger partial charge in [0.1, 0.15) is 11.5 Å². The summed E-state index contributed by atoms with van der Waals surface area (Å²) in [5.74, 6) is -2.16. The van der Waals surface area contributed by atoms with E-state index in [0.29, 0.717) is 5.56 Å². The molecule has 33 heavy (non-hydrogen) atoms. The molecule has 0 radical (unpaired) electrons. The molecule has 168 valence electrons. The summed E-state index contributed by atoms with van der Waals surface area (Å²) in [7, 11) is 1.41. The van der Waals surface area contributed by atoms with Gasteiger partial charge in [-0.15, -0.1) is 0 Å². The summed E-state index contributed by atoms with van der Waals surface area (Å²) in [6.07, 6.45) is 0. The molecule has 2 N–H and O–H groups in total. The zero-order chi connectivity index (χ0) is 23.9. The number of halogens is 2. The fourth-order valence-electron chi connectivity index (χ4n) is 3.98. The number of nitrogens with zero attached hydrogens (tertiary/aromatic N) is 1. The van der Waals surface area contributed by atoms with Gasteiger partial charge in [0.05, 0.1) is 34.5 Å². The van der Waals surface area contributed by atoms with Gasteiger partial charge < -0.3 is 14.9 Å². The number of aromatic hydroxyl groups is 1. The number of carbonyl (C=O) groups excluding carboxylic acids is 2. The van der Waals surface area contributed by atoms with Gasteiger partial charge in [-0.05, 0) is 42.3 Å². The number of aliphatic hydroxyl groups excluding tert-OH is 1. The summed E-state index contributed by atoms with van der Waals surface area (Å²) in [5, 5.41) is 22.0. The number of phenolic OH excluding ortho intramolecular Hbond substituents is 1. The monoisotopic (exact) mass is 483 g/mol. The first-order chi connectivity index (χ1) is 15.8. The van der Waals surface area contributed by atoms with E-state index >= 15 is 0 Å². The Labute approximate surface area is 200 Å². The maximum atomic E-state index is 13.2. The average molecular weight is 484 g/mol. The number of anilines is 1. The van der Waals surface area contributed by atoms with Gasteiger partial charge in [0.2, 0.25) is 0 Å². The van der Waals surface area contributed by atoms with Crippen LogP contribution in [0.1, 0.15) is 22.7 Å². The Balaban J connectivity index is 2.00. The summed E-state index contributed by atoms with van der Waals surface area (Å²) in [5.41, 5.74) is 1.57. The minimum absolute atomic E-state index is 0.133. The van der Waals surface area contributed by atoms with Crippen LogP contribution < -0.4 is 9.64 Å². The van der Waals surface area contributed by atoms with E-state index < -0.39 is 23.5 Å². The first-order valence-electron chi connectivity index (χ1n) is 9.94. The molecule has 0 aromatic heterocycles. The zero-order valence-electron chi connectivity index (χ0n) is 17.7. The Bertz CT molecular complexity index is 1290. The minimum Gasteiger partial charge on any atom is -0.507 e. The first kappa shape index (κ1) is 22.7. The third-order valence-electron chi connectivity index (χ3n) is 5.54. The van der Waals surface area contributed by atoms with E-state index in [2.05, 4.69) is 0 Å². The smallest absolute Gasteiger partial charge is 0.300 e. The number of Topliss-reactive ketones (excluding diaryl/α,β-unsaturated/α-hetero) is 1. The number of phenols is 1. The van der Waals surface area contributed by atoms with Crippen LogP contribution >= 0.6 is 23.2 Å². The molecule has 0 saturated carbocycles. The Kier molecular flexibility index (Phi) is 6.06. The quantitative estimate of drug-likeness (QED) is 0.284. The van der Waals surface area contributed by atoms with Crippen LogP contribution in [-0.4, -0.2) is 29.0 Å². The highest BCUT2D eigenvalue weighted by molar-refractivity contribution is 6.52. The molecule has 6 nitrogen and oxygen atoms in total. The number of carbonyl (C=O) groups is 2. The molecular formula is C25H19Cl2NO5. The molecule has 1 aliphatic heterocycles. The number of methoxy groups -OCH3 is 1. The molecule has 3 aromatic rings. The van der Waals surface area contributed by atoms with Crippen LogP contribution in [0.15, 0.2) is 66.2 Å². The van der Waals surface area contributed by atoms with Crippen molar-refractivity contribution in [3.05, 3.63) is 93.0 Å². The molecule has 0 bridgehead atoms. The van der Waals surface area contributed by atoms with Crippen molar-refractivity contribution in [3.63, 3.8) is 0 Å². The molecule has 1 aliphatic rings. The number of para-hydroxylation sites is 2. The highest BCUT2D eigenvalue weighted by Crippen LogP contribution is 2.46. The summed E-state index contributed by atoms with van der Waals surface area (Å²) >= 11 is 12.5. The number of ether oxygens (including phenoxy) is 1. The van der Waals surface area contributed by atoms with Crippen molar-refractivity contribution in [3.8, 4) is 11.5 Å².